The van der Waals surface area contributed by atoms with Crippen molar-refractivity contribution in [2.24, 2.45) is 17.8 Å². The molecule has 1 aliphatic carbocycles. The highest BCUT2D eigenvalue weighted by atomic mass is 16.2. The van der Waals surface area contributed by atoms with Crippen molar-refractivity contribution in [1.82, 2.24) is 15.5 Å². The lowest BCUT2D eigenvalue weighted by molar-refractivity contribution is -0.138. The molecule has 0 aromatic rings. The maximum absolute atomic E-state index is 12.5. The molecule has 2 aliphatic heterocycles. The topological polar surface area (TPSA) is 61.4 Å². The molecule has 2 heterocycles. The average Bonchev–Trinajstić information content (AvgIpc) is 2.54. The van der Waals surface area contributed by atoms with Crippen LogP contribution in [0, 0.1) is 17.8 Å². The molecule has 3 fully saturated rings. The van der Waals surface area contributed by atoms with E-state index in [2.05, 4.69) is 17.6 Å². The van der Waals surface area contributed by atoms with E-state index in [9.17, 15) is 9.59 Å². The Morgan fingerprint density at radius 2 is 1.70 bits per heavy atom. The maximum Gasteiger partial charge on any atom is 0.225 e. The monoisotopic (exact) mass is 321 g/mol. The van der Waals surface area contributed by atoms with Crippen molar-refractivity contribution in [2.45, 2.75) is 57.9 Å². The van der Waals surface area contributed by atoms with Gasteiger partial charge in [-0.3, -0.25) is 9.59 Å². The predicted octanol–water partition coefficient (Wildman–Crippen LogP) is 1.53. The first-order valence-electron chi connectivity index (χ1n) is 9.45. The van der Waals surface area contributed by atoms with Gasteiger partial charge in [0.2, 0.25) is 11.8 Å². The lowest BCUT2D eigenvalue weighted by Gasteiger charge is -2.38. The maximum atomic E-state index is 12.5. The molecular weight excluding hydrogens is 290 g/mol. The zero-order chi connectivity index (χ0) is 16.2. The van der Waals surface area contributed by atoms with E-state index in [1.165, 1.54) is 19.3 Å². The standard InChI is InChI=1S/C18H31N3O2/c1-13(15-11-19-12-15)18(23)21-9-7-16(8-10-21)20-17(22)14-5-3-2-4-6-14/h13-16,19H,2-12H2,1H3,(H,20,22). The minimum absolute atomic E-state index is 0.129. The van der Waals surface area contributed by atoms with Gasteiger partial charge in [-0.1, -0.05) is 26.2 Å². The van der Waals surface area contributed by atoms with Crippen LogP contribution >= 0.6 is 0 Å². The van der Waals surface area contributed by atoms with Gasteiger partial charge in [0, 0.05) is 31.0 Å². The van der Waals surface area contributed by atoms with Gasteiger partial charge in [0.1, 0.15) is 0 Å². The molecule has 1 unspecified atom stereocenters. The first-order valence-corrected chi connectivity index (χ1v) is 9.45. The average molecular weight is 321 g/mol. The molecule has 1 saturated carbocycles. The summed E-state index contributed by atoms with van der Waals surface area (Å²) in [5, 5.41) is 6.48. The zero-order valence-electron chi connectivity index (χ0n) is 14.4. The van der Waals surface area contributed by atoms with Gasteiger partial charge in [-0.05, 0) is 44.7 Å². The van der Waals surface area contributed by atoms with Crippen LogP contribution in [-0.4, -0.2) is 48.9 Å². The largest absolute Gasteiger partial charge is 0.353 e. The third kappa shape index (κ3) is 4.06. The lowest BCUT2D eigenvalue weighted by atomic mass is 9.87. The minimum Gasteiger partial charge on any atom is -0.353 e. The number of rotatable bonds is 4. The Bertz CT molecular complexity index is 422. The van der Waals surface area contributed by atoms with E-state index in [-0.39, 0.29) is 23.8 Å². The molecule has 0 radical (unpaired) electrons. The van der Waals surface area contributed by atoms with Crippen molar-refractivity contribution < 1.29 is 9.59 Å². The van der Waals surface area contributed by atoms with E-state index in [0.717, 1.165) is 51.9 Å². The quantitative estimate of drug-likeness (QED) is 0.825. The van der Waals surface area contributed by atoms with Crippen LogP contribution in [0.25, 0.3) is 0 Å². The molecule has 3 aliphatic rings. The second-order valence-corrected chi connectivity index (χ2v) is 7.65. The van der Waals surface area contributed by atoms with Crippen LogP contribution in [0.15, 0.2) is 0 Å². The fourth-order valence-corrected chi connectivity index (χ4v) is 4.08. The van der Waals surface area contributed by atoms with Gasteiger partial charge in [0.15, 0.2) is 0 Å². The SMILES string of the molecule is CC(C(=O)N1CCC(NC(=O)C2CCCCC2)CC1)C1CNC1. The minimum atomic E-state index is 0.129. The summed E-state index contributed by atoms with van der Waals surface area (Å²) in [4.78, 5) is 26.9. The number of carbonyl (C=O) groups excluding carboxylic acids is 2. The third-order valence-electron chi connectivity index (χ3n) is 6.04. The van der Waals surface area contributed by atoms with Crippen molar-refractivity contribution in [2.75, 3.05) is 26.2 Å². The fourth-order valence-electron chi connectivity index (χ4n) is 4.08. The second kappa shape index (κ2) is 7.65. The molecule has 2 saturated heterocycles. The molecule has 23 heavy (non-hydrogen) atoms. The smallest absolute Gasteiger partial charge is 0.225 e. The molecule has 0 bridgehead atoms. The number of piperidine rings is 1. The van der Waals surface area contributed by atoms with Crippen LogP contribution < -0.4 is 10.6 Å². The number of likely N-dealkylation sites (tertiary alicyclic amines) is 1. The molecule has 0 aromatic carbocycles. The predicted molar refractivity (Wildman–Crippen MR) is 89.8 cm³/mol. The van der Waals surface area contributed by atoms with E-state index in [1.54, 1.807) is 0 Å². The molecule has 0 spiro atoms. The highest BCUT2D eigenvalue weighted by molar-refractivity contribution is 5.80. The number of nitrogens with one attached hydrogen (secondary N) is 2. The van der Waals surface area contributed by atoms with Crippen molar-refractivity contribution in [3.8, 4) is 0 Å². The van der Waals surface area contributed by atoms with E-state index in [4.69, 9.17) is 0 Å². The van der Waals surface area contributed by atoms with Crippen molar-refractivity contribution in [3.05, 3.63) is 0 Å². The van der Waals surface area contributed by atoms with Gasteiger partial charge in [-0.2, -0.15) is 0 Å². The molecule has 2 N–H and O–H groups in total. The van der Waals surface area contributed by atoms with E-state index < -0.39 is 0 Å². The fraction of sp³-hybridized carbons (Fsp3) is 0.889. The first-order chi connectivity index (χ1) is 11.1. The lowest BCUT2D eigenvalue weighted by Crippen LogP contribution is -2.53. The van der Waals surface area contributed by atoms with Crippen molar-refractivity contribution in [1.29, 1.82) is 0 Å². The van der Waals surface area contributed by atoms with Crippen LogP contribution in [0.4, 0.5) is 0 Å². The summed E-state index contributed by atoms with van der Waals surface area (Å²) in [5.41, 5.74) is 0. The Balaban J connectivity index is 1.41. The highest BCUT2D eigenvalue weighted by Crippen LogP contribution is 2.25. The summed E-state index contributed by atoms with van der Waals surface area (Å²) in [7, 11) is 0. The van der Waals surface area contributed by atoms with Gasteiger partial charge < -0.3 is 15.5 Å². The van der Waals surface area contributed by atoms with Crippen LogP contribution in [0.1, 0.15) is 51.9 Å². The van der Waals surface area contributed by atoms with Gasteiger partial charge in [-0.25, -0.2) is 0 Å². The van der Waals surface area contributed by atoms with Crippen LogP contribution in [-0.2, 0) is 9.59 Å². The first kappa shape index (κ1) is 16.7. The molecular formula is C18H31N3O2. The molecule has 130 valence electrons. The Morgan fingerprint density at radius 3 is 2.26 bits per heavy atom. The second-order valence-electron chi connectivity index (χ2n) is 7.65. The molecule has 0 aromatic heterocycles. The summed E-state index contributed by atoms with van der Waals surface area (Å²) in [6.45, 7) is 5.59. The summed E-state index contributed by atoms with van der Waals surface area (Å²) in [6.07, 6.45) is 7.57. The van der Waals surface area contributed by atoms with E-state index in [0.29, 0.717) is 11.8 Å². The van der Waals surface area contributed by atoms with Gasteiger partial charge in [0.05, 0.1) is 0 Å². The molecule has 2 amide bonds. The number of hydrogen-bond acceptors (Lipinski definition) is 3. The Kier molecular flexibility index (Phi) is 5.57. The number of nitrogens with zero attached hydrogens (tertiary/aromatic N) is 1. The summed E-state index contributed by atoms with van der Waals surface area (Å²) >= 11 is 0. The normalized spacial score (nSPS) is 25.7. The van der Waals surface area contributed by atoms with E-state index >= 15 is 0 Å². The van der Waals surface area contributed by atoms with Gasteiger partial charge >= 0.3 is 0 Å². The summed E-state index contributed by atoms with van der Waals surface area (Å²) < 4.78 is 0. The van der Waals surface area contributed by atoms with Gasteiger partial charge in [0.25, 0.3) is 0 Å². The Hall–Kier alpha value is -1.10. The van der Waals surface area contributed by atoms with Gasteiger partial charge in [-0.15, -0.1) is 0 Å². The Morgan fingerprint density at radius 1 is 1.04 bits per heavy atom. The molecule has 5 heteroatoms. The molecule has 3 rings (SSSR count). The molecule has 1 atom stereocenters. The Labute approximate surface area is 139 Å². The van der Waals surface area contributed by atoms with Crippen LogP contribution in [0.3, 0.4) is 0 Å². The summed E-state index contributed by atoms with van der Waals surface area (Å²) in [5.74, 6) is 1.42. The zero-order valence-corrected chi connectivity index (χ0v) is 14.4. The van der Waals surface area contributed by atoms with Crippen LogP contribution in [0.5, 0.6) is 0 Å². The molecule has 5 nitrogen and oxygen atoms in total. The van der Waals surface area contributed by atoms with E-state index in [1.807, 2.05) is 4.90 Å². The van der Waals surface area contributed by atoms with Crippen molar-refractivity contribution >= 4 is 11.8 Å². The van der Waals surface area contributed by atoms with Crippen LogP contribution in [0.2, 0.25) is 0 Å². The number of carbonyl (C=O) groups is 2. The summed E-state index contributed by atoms with van der Waals surface area (Å²) in [6, 6.07) is 0.258. The third-order valence-corrected chi connectivity index (χ3v) is 6.04. The number of amides is 2. The number of hydrogen-bond donors (Lipinski definition) is 2. The van der Waals surface area contributed by atoms with Crippen molar-refractivity contribution in [3.63, 3.8) is 0 Å². The highest BCUT2D eigenvalue weighted by Gasteiger charge is 2.33.